The van der Waals surface area contributed by atoms with Gasteiger partial charge in [0.2, 0.25) is 5.91 Å². The number of nitrogens with one attached hydrogen (secondary N) is 2. The molecule has 3 amide bonds. The Morgan fingerprint density at radius 3 is 2.68 bits per heavy atom. The van der Waals surface area contributed by atoms with Crippen molar-refractivity contribution in [2.24, 2.45) is 13.0 Å². The minimum atomic E-state index is -0.0376. The van der Waals surface area contributed by atoms with E-state index in [0.29, 0.717) is 13.1 Å². The van der Waals surface area contributed by atoms with Crippen LogP contribution in [-0.2, 0) is 11.8 Å². The predicted octanol–water partition coefficient (Wildman–Crippen LogP) is 1.40. The molecule has 1 aliphatic heterocycles. The third-order valence-corrected chi connectivity index (χ3v) is 4.49. The first kappa shape index (κ1) is 14.9. The summed E-state index contributed by atoms with van der Waals surface area (Å²) in [6, 6.07) is 4.20. The van der Waals surface area contributed by atoms with Crippen molar-refractivity contribution in [3.8, 4) is 0 Å². The number of carbonyl (C=O) groups is 2. The van der Waals surface area contributed by atoms with Crippen LogP contribution >= 0.6 is 0 Å². The zero-order valence-electron chi connectivity index (χ0n) is 13.0. The van der Waals surface area contributed by atoms with Crippen molar-refractivity contribution in [2.75, 3.05) is 19.6 Å². The van der Waals surface area contributed by atoms with Crippen molar-refractivity contribution in [1.82, 2.24) is 20.1 Å². The maximum absolute atomic E-state index is 12.3. The van der Waals surface area contributed by atoms with Crippen LogP contribution in [0.5, 0.6) is 0 Å². The predicted molar refractivity (Wildman–Crippen MR) is 83.2 cm³/mol. The van der Waals surface area contributed by atoms with Gasteiger partial charge >= 0.3 is 6.03 Å². The zero-order valence-corrected chi connectivity index (χ0v) is 13.0. The molecule has 1 aliphatic carbocycles. The number of nitrogens with zero attached hydrogens (tertiary/aromatic N) is 2. The van der Waals surface area contributed by atoms with E-state index in [0.717, 1.165) is 32.2 Å². The van der Waals surface area contributed by atoms with Gasteiger partial charge in [0.15, 0.2) is 0 Å². The Morgan fingerprint density at radius 1 is 1.23 bits per heavy atom. The van der Waals surface area contributed by atoms with E-state index in [4.69, 9.17) is 0 Å². The first-order valence-corrected chi connectivity index (χ1v) is 8.10. The highest BCUT2D eigenvalue weighted by atomic mass is 16.2. The Balaban J connectivity index is 1.46. The van der Waals surface area contributed by atoms with Crippen LogP contribution in [0, 0.1) is 5.92 Å². The molecule has 0 radical (unpaired) electrons. The second-order valence-corrected chi connectivity index (χ2v) is 6.19. The monoisotopic (exact) mass is 304 g/mol. The van der Waals surface area contributed by atoms with E-state index >= 15 is 0 Å². The van der Waals surface area contributed by atoms with Gasteiger partial charge in [0.25, 0.3) is 0 Å². The Labute approximate surface area is 130 Å². The van der Waals surface area contributed by atoms with Crippen molar-refractivity contribution in [1.29, 1.82) is 0 Å². The summed E-state index contributed by atoms with van der Waals surface area (Å²) in [5, 5.41) is 5.78. The lowest BCUT2D eigenvalue weighted by atomic mass is 10.1. The highest BCUT2D eigenvalue weighted by molar-refractivity contribution is 5.81. The van der Waals surface area contributed by atoms with Gasteiger partial charge in [-0.2, -0.15) is 0 Å². The second kappa shape index (κ2) is 6.42. The highest BCUT2D eigenvalue weighted by Gasteiger charge is 2.31. The number of hydrogen-bond donors (Lipinski definition) is 2. The fraction of sp³-hybridized carbons (Fsp3) is 0.625. The van der Waals surface area contributed by atoms with Gasteiger partial charge in [-0.05, 0) is 37.8 Å². The van der Waals surface area contributed by atoms with Gasteiger partial charge in [0.05, 0.1) is 6.04 Å². The zero-order chi connectivity index (χ0) is 15.5. The van der Waals surface area contributed by atoms with Crippen LogP contribution in [0.2, 0.25) is 0 Å². The molecule has 0 unspecified atom stereocenters. The van der Waals surface area contributed by atoms with Gasteiger partial charge in [-0.15, -0.1) is 0 Å². The lowest BCUT2D eigenvalue weighted by Crippen LogP contribution is -2.43. The van der Waals surface area contributed by atoms with Crippen molar-refractivity contribution in [3.63, 3.8) is 0 Å². The first-order valence-electron chi connectivity index (χ1n) is 8.10. The molecule has 2 heterocycles. The fourth-order valence-corrected chi connectivity index (χ4v) is 3.08. The molecule has 0 bridgehead atoms. The summed E-state index contributed by atoms with van der Waals surface area (Å²) in [6.07, 6.45) is 6.05. The maximum Gasteiger partial charge on any atom is 0.318 e. The third kappa shape index (κ3) is 3.26. The molecule has 2 fully saturated rings. The minimum Gasteiger partial charge on any atom is -0.354 e. The summed E-state index contributed by atoms with van der Waals surface area (Å²) in [4.78, 5) is 25.8. The second-order valence-electron chi connectivity index (χ2n) is 6.19. The Hall–Kier alpha value is -1.98. The Bertz CT molecular complexity index is 550. The van der Waals surface area contributed by atoms with Crippen LogP contribution in [0.25, 0.3) is 0 Å². The molecule has 2 N–H and O–H groups in total. The van der Waals surface area contributed by atoms with Gasteiger partial charge in [-0.1, -0.05) is 0 Å². The fourth-order valence-electron chi connectivity index (χ4n) is 3.08. The van der Waals surface area contributed by atoms with Gasteiger partial charge in [0.1, 0.15) is 0 Å². The van der Waals surface area contributed by atoms with Crippen molar-refractivity contribution < 1.29 is 9.59 Å². The van der Waals surface area contributed by atoms with Crippen LogP contribution in [-0.4, -0.2) is 41.0 Å². The molecular weight excluding hydrogens is 280 g/mol. The van der Waals surface area contributed by atoms with Crippen LogP contribution in [0.1, 0.15) is 37.4 Å². The molecule has 1 aromatic heterocycles. The Morgan fingerprint density at radius 2 is 2.00 bits per heavy atom. The van der Waals surface area contributed by atoms with E-state index in [2.05, 4.69) is 21.3 Å². The number of rotatable bonds is 5. The van der Waals surface area contributed by atoms with Gasteiger partial charge < -0.3 is 20.1 Å². The molecule has 6 nitrogen and oxygen atoms in total. The van der Waals surface area contributed by atoms with Crippen LogP contribution < -0.4 is 10.6 Å². The number of hydrogen-bond acceptors (Lipinski definition) is 2. The average Bonchev–Trinajstić information content (AvgIpc) is 3.10. The molecule has 1 atom stereocenters. The molecular formula is C16H24N4O2. The van der Waals surface area contributed by atoms with Crippen molar-refractivity contribution in [3.05, 3.63) is 24.0 Å². The largest absolute Gasteiger partial charge is 0.354 e. The molecule has 0 aromatic carbocycles. The van der Waals surface area contributed by atoms with Crippen molar-refractivity contribution in [2.45, 2.75) is 31.7 Å². The number of aryl methyl sites for hydroxylation is 1. The molecule has 1 saturated heterocycles. The number of urea groups is 1. The SMILES string of the molecule is Cn1cccc1[C@H]1CCCN1C(=O)NCCNC(=O)C1CC1. The van der Waals surface area contributed by atoms with E-state index in [1.807, 2.05) is 24.2 Å². The molecule has 1 saturated carbocycles. The summed E-state index contributed by atoms with van der Waals surface area (Å²) in [5.41, 5.74) is 1.18. The summed E-state index contributed by atoms with van der Waals surface area (Å²) >= 11 is 0. The molecule has 3 rings (SSSR count). The van der Waals surface area contributed by atoms with E-state index in [1.54, 1.807) is 0 Å². The molecule has 6 heteroatoms. The third-order valence-electron chi connectivity index (χ3n) is 4.49. The minimum absolute atomic E-state index is 0.0376. The van der Waals surface area contributed by atoms with Crippen molar-refractivity contribution >= 4 is 11.9 Å². The topological polar surface area (TPSA) is 66.4 Å². The number of amides is 3. The molecule has 0 spiro atoms. The van der Waals surface area contributed by atoms with Gasteiger partial charge in [-0.3, -0.25) is 4.79 Å². The summed E-state index contributed by atoms with van der Waals surface area (Å²) in [6.45, 7) is 1.77. The smallest absolute Gasteiger partial charge is 0.318 e. The quantitative estimate of drug-likeness (QED) is 0.808. The number of aromatic nitrogens is 1. The number of likely N-dealkylation sites (tertiary alicyclic amines) is 1. The lowest BCUT2D eigenvalue weighted by Gasteiger charge is -2.25. The van der Waals surface area contributed by atoms with Crippen LogP contribution in [0.15, 0.2) is 18.3 Å². The van der Waals surface area contributed by atoms with E-state index < -0.39 is 0 Å². The van der Waals surface area contributed by atoms with Crippen LogP contribution in [0.3, 0.4) is 0 Å². The van der Waals surface area contributed by atoms with Crippen LogP contribution in [0.4, 0.5) is 4.79 Å². The normalized spacial score (nSPS) is 21.0. The summed E-state index contributed by atoms with van der Waals surface area (Å²) < 4.78 is 2.08. The van der Waals surface area contributed by atoms with Gasteiger partial charge in [0, 0.05) is 44.5 Å². The maximum atomic E-state index is 12.3. The van der Waals surface area contributed by atoms with E-state index in [-0.39, 0.29) is 23.9 Å². The highest BCUT2D eigenvalue weighted by Crippen LogP contribution is 2.31. The number of carbonyl (C=O) groups excluding carboxylic acids is 2. The van der Waals surface area contributed by atoms with E-state index in [1.165, 1.54) is 5.69 Å². The molecule has 22 heavy (non-hydrogen) atoms. The van der Waals surface area contributed by atoms with Gasteiger partial charge in [-0.25, -0.2) is 4.79 Å². The molecule has 1 aromatic rings. The summed E-state index contributed by atoms with van der Waals surface area (Å²) in [7, 11) is 2.01. The summed E-state index contributed by atoms with van der Waals surface area (Å²) in [5.74, 6) is 0.341. The Kier molecular flexibility index (Phi) is 4.36. The average molecular weight is 304 g/mol. The first-order chi connectivity index (χ1) is 10.7. The van der Waals surface area contributed by atoms with E-state index in [9.17, 15) is 9.59 Å². The molecule has 2 aliphatic rings. The lowest BCUT2D eigenvalue weighted by molar-refractivity contribution is -0.122. The standard InChI is InChI=1S/C16H24N4O2/c1-19-10-2-4-13(19)14-5-3-11-20(14)16(22)18-9-8-17-15(21)12-6-7-12/h2,4,10,12,14H,3,5-9,11H2,1H3,(H,17,21)(H,18,22)/t14-/m1/s1. The molecule has 120 valence electrons.